The molecule has 2 aromatic rings. The summed E-state index contributed by atoms with van der Waals surface area (Å²) in [6.45, 7) is 0. The largest absolute Gasteiger partial charge is 2.00 e. The van der Waals surface area contributed by atoms with Gasteiger partial charge in [-0.2, -0.15) is 0 Å². The van der Waals surface area contributed by atoms with Crippen molar-refractivity contribution in [1.82, 2.24) is 0 Å². The van der Waals surface area contributed by atoms with Gasteiger partial charge in [-0.3, -0.25) is 0 Å². The van der Waals surface area contributed by atoms with E-state index in [0.29, 0.717) is 0 Å². The summed E-state index contributed by atoms with van der Waals surface area (Å²) in [6.07, 6.45) is 0. The summed E-state index contributed by atoms with van der Waals surface area (Å²) in [7, 11) is 0. The van der Waals surface area contributed by atoms with E-state index in [4.69, 9.17) is 10.2 Å². The molecule has 2 aromatic carbocycles. The fraction of sp³-hybridized carbons (Fsp3) is 0. The zero-order valence-electron chi connectivity index (χ0n) is 11.9. The Morgan fingerprint density at radius 1 is 0.696 bits per heavy atom. The van der Waals surface area contributed by atoms with Crippen LogP contribution in [0.5, 0.6) is 11.5 Å². The molecule has 0 saturated carbocycles. The fourth-order valence-corrected chi connectivity index (χ4v) is 1.29. The number of carbonyl (C=O) groups is 2. The molecule has 0 heterocycles. The maximum Gasteiger partial charge on any atom is 2.00 e. The zero-order chi connectivity index (χ0) is 15.1. The summed E-state index contributed by atoms with van der Waals surface area (Å²) in [6, 6.07) is 11.3. The average molecular weight is 376 g/mol. The molecule has 120 valence electrons. The molecule has 23 heavy (non-hydrogen) atoms. The Morgan fingerprint density at radius 3 is 1.13 bits per heavy atom. The second-order valence-electron chi connectivity index (χ2n) is 3.61. The summed E-state index contributed by atoms with van der Waals surface area (Å²) in [5, 5.41) is 38.0. The van der Waals surface area contributed by atoms with E-state index in [0.717, 1.165) is 0 Å². The van der Waals surface area contributed by atoms with Crippen LogP contribution in [0, 0.1) is 0 Å². The number of carboxylic acids is 2. The minimum absolute atomic E-state index is 0. The summed E-state index contributed by atoms with van der Waals surface area (Å²) >= 11 is 0. The first kappa shape index (κ1) is 25.5. The molecule has 0 unspecified atom stereocenters. The van der Waals surface area contributed by atoms with E-state index in [1.165, 1.54) is 36.4 Å². The van der Waals surface area contributed by atoms with Crippen LogP contribution < -0.4 is 10.2 Å². The van der Waals surface area contributed by atoms with Gasteiger partial charge in [0.15, 0.2) is 0 Å². The number of aromatic carboxylic acids is 2. The Balaban J connectivity index is -0.000000308. The van der Waals surface area contributed by atoms with Gasteiger partial charge in [0.2, 0.25) is 0 Å². The van der Waals surface area contributed by atoms with E-state index >= 15 is 0 Å². The van der Waals surface area contributed by atoms with Crippen molar-refractivity contribution in [3.05, 3.63) is 59.7 Å². The SMILES string of the molecule is O.O.O=C([O-])c1ccccc1O.O=C([O-])c1ccccc1O.[Zn+2]. The van der Waals surface area contributed by atoms with Crippen LogP contribution in [0.25, 0.3) is 0 Å². The number of hydrogen-bond acceptors (Lipinski definition) is 6. The van der Waals surface area contributed by atoms with Crippen LogP contribution in [0.4, 0.5) is 0 Å². The molecule has 0 aliphatic heterocycles. The zero-order valence-corrected chi connectivity index (χ0v) is 14.8. The summed E-state index contributed by atoms with van der Waals surface area (Å²) in [5.74, 6) is -3.25. The normalized spacial score (nSPS) is 8.00. The molecule has 8 nitrogen and oxygen atoms in total. The van der Waals surface area contributed by atoms with Gasteiger partial charge in [0.25, 0.3) is 0 Å². The van der Waals surface area contributed by atoms with Crippen molar-refractivity contribution >= 4 is 11.9 Å². The van der Waals surface area contributed by atoms with Gasteiger partial charge in [0.05, 0.1) is 11.9 Å². The Kier molecular flexibility index (Phi) is 13.4. The molecule has 0 fully saturated rings. The molecule has 9 heteroatoms. The van der Waals surface area contributed by atoms with Gasteiger partial charge in [-0.1, -0.05) is 24.3 Å². The van der Waals surface area contributed by atoms with Crippen molar-refractivity contribution in [2.75, 3.05) is 0 Å². The van der Waals surface area contributed by atoms with Gasteiger partial charge in [-0.05, 0) is 24.3 Å². The van der Waals surface area contributed by atoms with E-state index in [1.807, 2.05) is 0 Å². The molecule has 0 bridgehead atoms. The van der Waals surface area contributed by atoms with Gasteiger partial charge in [0.1, 0.15) is 11.5 Å². The third-order valence-electron chi connectivity index (χ3n) is 2.25. The van der Waals surface area contributed by atoms with Crippen molar-refractivity contribution in [2.45, 2.75) is 0 Å². The average Bonchev–Trinajstić information content (AvgIpc) is 2.40. The minimum Gasteiger partial charge on any atom is -0.545 e. The van der Waals surface area contributed by atoms with Crippen LogP contribution in [-0.2, 0) is 19.5 Å². The van der Waals surface area contributed by atoms with Crippen molar-refractivity contribution in [1.29, 1.82) is 0 Å². The Labute approximate surface area is 144 Å². The van der Waals surface area contributed by atoms with Gasteiger partial charge < -0.3 is 41.0 Å². The van der Waals surface area contributed by atoms with Gasteiger partial charge in [0, 0.05) is 11.1 Å². The second-order valence-corrected chi connectivity index (χ2v) is 3.61. The van der Waals surface area contributed by atoms with Crippen molar-refractivity contribution < 1.29 is 60.4 Å². The van der Waals surface area contributed by atoms with Crippen LogP contribution >= 0.6 is 0 Å². The molecular weight excluding hydrogens is 362 g/mol. The molecule has 0 radical (unpaired) electrons. The van der Waals surface area contributed by atoms with Crippen LogP contribution in [0.2, 0.25) is 0 Å². The van der Waals surface area contributed by atoms with E-state index < -0.39 is 11.9 Å². The predicted octanol–water partition coefficient (Wildman–Crippen LogP) is -2.14. The monoisotopic (exact) mass is 374 g/mol. The number of aromatic hydroxyl groups is 2. The van der Waals surface area contributed by atoms with E-state index in [9.17, 15) is 19.8 Å². The molecule has 0 saturated heterocycles. The number of carboxylic acid groups (broad SMARTS) is 2. The van der Waals surface area contributed by atoms with E-state index in [2.05, 4.69) is 0 Å². The van der Waals surface area contributed by atoms with Crippen molar-refractivity contribution in [3.63, 3.8) is 0 Å². The quantitative estimate of drug-likeness (QED) is 0.564. The topological polar surface area (TPSA) is 184 Å². The first-order chi connectivity index (χ1) is 9.43. The van der Waals surface area contributed by atoms with E-state index in [1.54, 1.807) is 12.1 Å². The maximum atomic E-state index is 10.2. The van der Waals surface area contributed by atoms with Gasteiger partial charge in [-0.25, -0.2) is 0 Å². The Morgan fingerprint density at radius 2 is 0.957 bits per heavy atom. The first-order valence-corrected chi connectivity index (χ1v) is 5.42. The summed E-state index contributed by atoms with van der Waals surface area (Å²) in [4.78, 5) is 20.3. The molecule has 0 aromatic heterocycles. The molecule has 0 aliphatic rings. The molecule has 0 atom stereocenters. The standard InChI is InChI=1S/2C7H6O3.2H2O.Zn/c2*8-6-4-2-1-3-5(6)7(9)10;;;/h2*1-4,8H,(H,9,10);2*1H2;/q;;;;+2/p-2. The fourth-order valence-electron chi connectivity index (χ4n) is 1.29. The third-order valence-corrected chi connectivity index (χ3v) is 2.25. The number of carbonyl (C=O) groups excluding carboxylic acids is 2. The van der Waals surface area contributed by atoms with E-state index in [-0.39, 0.29) is 53.1 Å². The summed E-state index contributed by atoms with van der Waals surface area (Å²) in [5.41, 5.74) is -0.356. The number of para-hydroxylation sites is 2. The van der Waals surface area contributed by atoms with Crippen LogP contribution in [0.15, 0.2) is 48.5 Å². The maximum absolute atomic E-state index is 10.2. The minimum atomic E-state index is -1.36. The number of rotatable bonds is 2. The number of hydrogen-bond donors (Lipinski definition) is 2. The molecule has 2 rings (SSSR count). The molecule has 6 N–H and O–H groups in total. The number of benzene rings is 2. The molecule has 0 amide bonds. The van der Waals surface area contributed by atoms with Crippen LogP contribution in [0.3, 0.4) is 0 Å². The van der Waals surface area contributed by atoms with Gasteiger partial charge >= 0.3 is 19.5 Å². The first-order valence-electron chi connectivity index (χ1n) is 5.42. The predicted molar refractivity (Wildman–Crippen MR) is 72.1 cm³/mol. The third kappa shape index (κ3) is 7.91. The van der Waals surface area contributed by atoms with Crippen LogP contribution in [0.1, 0.15) is 20.7 Å². The molecule has 0 aliphatic carbocycles. The van der Waals surface area contributed by atoms with Crippen molar-refractivity contribution in [3.8, 4) is 11.5 Å². The summed E-state index contributed by atoms with van der Waals surface area (Å²) < 4.78 is 0. The molecule has 0 spiro atoms. The van der Waals surface area contributed by atoms with Gasteiger partial charge in [-0.15, -0.1) is 0 Å². The van der Waals surface area contributed by atoms with Crippen LogP contribution in [-0.4, -0.2) is 33.1 Å². The Bertz CT molecular complexity index is 574. The molecular formula is C14H14O8Zn. The number of phenols is 2. The second kappa shape index (κ2) is 12.1. The van der Waals surface area contributed by atoms with Crippen molar-refractivity contribution in [2.24, 2.45) is 0 Å². The smallest absolute Gasteiger partial charge is 0.545 e. The Hall–Kier alpha value is -2.48.